The smallest absolute Gasteiger partial charge is 0.310 e. The van der Waals surface area contributed by atoms with Gasteiger partial charge in [0.25, 0.3) is 0 Å². The van der Waals surface area contributed by atoms with Crippen molar-refractivity contribution in [2.75, 3.05) is 31.1 Å². The molecule has 0 aliphatic carbocycles. The van der Waals surface area contributed by atoms with Crippen molar-refractivity contribution in [2.24, 2.45) is 11.5 Å². The number of primary amides is 1. The molecule has 14 N–H and O–H groups in total. The summed E-state index contributed by atoms with van der Waals surface area (Å²) >= 11 is 0. The zero-order chi connectivity index (χ0) is 44.1. The molecule has 1 aromatic rings. The van der Waals surface area contributed by atoms with Gasteiger partial charge in [-0.3, -0.25) is 53.3 Å². The number of nitrogens with two attached hydrogens (primary N) is 2. The number of aliphatic carboxylic acids is 1. The Balaban J connectivity index is 1.95. The molecule has 2 heterocycles. The van der Waals surface area contributed by atoms with E-state index in [0.29, 0.717) is 0 Å². The maximum absolute atomic E-state index is 13.5. The third-order valence-corrected chi connectivity index (χ3v) is 11.2. The van der Waals surface area contributed by atoms with Gasteiger partial charge in [0, 0.05) is 37.0 Å². The van der Waals surface area contributed by atoms with Crippen LogP contribution in [0.25, 0.3) is 0 Å². The summed E-state index contributed by atoms with van der Waals surface area (Å²) in [6.07, 6.45) is -4.57. The number of aliphatic hydroxyl groups excluding tert-OH is 2. The van der Waals surface area contributed by atoms with Crippen molar-refractivity contribution in [2.45, 2.75) is 74.6 Å². The lowest BCUT2D eigenvalue weighted by Gasteiger charge is -2.28. The van der Waals surface area contributed by atoms with E-state index in [4.69, 9.17) is 11.5 Å². The monoisotopic (exact) mass is 872 g/mol. The minimum atomic E-state index is -1.75. The third kappa shape index (κ3) is 14.2. The Morgan fingerprint density at radius 3 is 2.20 bits per heavy atom. The van der Waals surface area contributed by atoms with Crippen molar-refractivity contribution in [3.63, 3.8) is 0 Å². The molecule has 25 nitrogen and oxygen atoms in total. The number of nitro groups is 1. The van der Waals surface area contributed by atoms with Crippen molar-refractivity contribution in [1.82, 2.24) is 36.8 Å². The fourth-order valence-corrected chi connectivity index (χ4v) is 7.94. The SMILES string of the molecule is C[C@@H](O)[C@@H]1NC(=O)[C@@H]2C[C@@H](O)CN2C(=O)CNC(=O)[C@H](Cc2ccc(O)c([N+](=O)[O-])c2)NC(=O)CNC(=O)[C@@H](CC(=O)O)NC(=O)[C@@H](N)CSSC[C@@H](C(N)=O)NC1=O. The molecule has 59 heavy (non-hydrogen) atoms. The van der Waals surface area contributed by atoms with Crippen LogP contribution in [-0.4, -0.2) is 163 Å². The van der Waals surface area contributed by atoms with Gasteiger partial charge in [-0.2, -0.15) is 0 Å². The standard InChI is InChI=1S/C32H44N10O15S2/c1-13(43)26-32(55)39-19(27(34)50)12-59-58-11-16(33)28(51)38-18(7-25(48)49)30(53)35-8-23(46)37-17(4-14-2-3-22(45)20(5-14)42(56)57)29(52)36-9-24(47)41-10-15(44)6-21(41)31(54)40-26/h2-3,5,13,15-19,21,26,43-45H,4,6-12,33H2,1H3,(H2,34,50)(H,35,53)(H,36,52)(H,37,46)(H,38,51)(H,39,55)(H,40,54)(H,48,49)/t13-,15-,16+,17+,18-,19+,21+,26+/m1/s1. The number of carbonyl (C=O) groups excluding carboxylic acids is 8. The molecule has 0 bridgehead atoms. The van der Waals surface area contributed by atoms with Crippen LogP contribution < -0.4 is 43.4 Å². The summed E-state index contributed by atoms with van der Waals surface area (Å²) in [7, 11) is 1.86. The number of phenolic OH excluding ortho intramolecular Hbond substituents is 1. The number of nitrogens with zero attached hydrogens (tertiary/aromatic N) is 2. The van der Waals surface area contributed by atoms with E-state index in [-0.39, 0.29) is 23.5 Å². The first-order chi connectivity index (χ1) is 27.7. The molecule has 2 aliphatic heterocycles. The summed E-state index contributed by atoms with van der Waals surface area (Å²) in [5, 5.41) is 64.9. The minimum Gasteiger partial charge on any atom is -0.502 e. The number of fused-ring (bicyclic) bond motifs is 1. The number of nitrogens with one attached hydrogen (secondary N) is 6. The topological polar surface area (TPSA) is 405 Å². The van der Waals surface area contributed by atoms with Crippen LogP contribution in [0.1, 0.15) is 25.3 Å². The summed E-state index contributed by atoms with van der Waals surface area (Å²) in [6, 6.07) is -6.16. The maximum atomic E-state index is 13.5. The lowest BCUT2D eigenvalue weighted by molar-refractivity contribution is -0.385. The zero-order valence-corrected chi connectivity index (χ0v) is 32.8. The lowest BCUT2D eigenvalue weighted by atomic mass is 10.0. The van der Waals surface area contributed by atoms with Gasteiger partial charge in [0.05, 0.1) is 42.7 Å². The second kappa shape index (κ2) is 21.8. The Labute approximate surface area is 342 Å². The molecule has 3 rings (SSSR count). The number of carboxylic acid groups (broad SMARTS) is 1. The number of benzene rings is 1. The van der Waals surface area contributed by atoms with E-state index in [2.05, 4.69) is 31.9 Å². The van der Waals surface area contributed by atoms with Gasteiger partial charge in [-0.05, 0) is 18.6 Å². The first kappa shape index (κ1) is 47.6. The Morgan fingerprint density at radius 2 is 1.58 bits per heavy atom. The van der Waals surface area contributed by atoms with E-state index in [1.165, 1.54) is 6.07 Å². The molecule has 0 radical (unpaired) electrons. The molecule has 27 heteroatoms. The first-order valence-electron chi connectivity index (χ1n) is 17.6. The van der Waals surface area contributed by atoms with Crippen LogP contribution in [0.4, 0.5) is 5.69 Å². The zero-order valence-electron chi connectivity index (χ0n) is 31.2. The highest BCUT2D eigenvalue weighted by molar-refractivity contribution is 8.76. The van der Waals surface area contributed by atoms with E-state index in [1.807, 2.05) is 0 Å². The maximum Gasteiger partial charge on any atom is 0.310 e. The number of amides is 8. The van der Waals surface area contributed by atoms with Crippen LogP contribution in [0.15, 0.2) is 18.2 Å². The summed E-state index contributed by atoms with van der Waals surface area (Å²) in [6.45, 7) is -0.989. The van der Waals surface area contributed by atoms with E-state index in [9.17, 15) is 73.7 Å². The van der Waals surface area contributed by atoms with Crippen molar-refractivity contribution in [1.29, 1.82) is 0 Å². The summed E-state index contributed by atoms with van der Waals surface area (Å²) < 4.78 is 0. The number of carbonyl (C=O) groups is 9. The average Bonchev–Trinajstić information content (AvgIpc) is 3.56. The van der Waals surface area contributed by atoms with Crippen LogP contribution in [0.3, 0.4) is 0 Å². The van der Waals surface area contributed by atoms with Gasteiger partial charge in [0.15, 0.2) is 5.75 Å². The van der Waals surface area contributed by atoms with Crippen LogP contribution in [-0.2, 0) is 49.6 Å². The van der Waals surface area contributed by atoms with Crippen LogP contribution in [0, 0.1) is 10.1 Å². The highest BCUT2D eigenvalue weighted by Crippen LogP contribution is 2.27. The highest BCUT2D eigenvalue weighted by atomic mass is 33.1. The largest absolute Gasteiger partial charge is 0.502 e. The summed E-state index contributed by atoms with van der Waals surface area (Å²) in [4.78, 5) is 127. The van der Waals surface area contributed by atoms with Crippen molar-refractivity contribution in [3.8, 4) is 5.75 Å². The number of aromatic hydroxyl groups is 1. The van der Waals surface area contributed by atoms with Crippen molar-refractivity contribution in [3.05, 3.63) is 33.9 Å². The van der Waals surface area contributed by atoms with Gasteiger partial charge < -0.3 is 68.7 Å². The van der Waals surface area contributed by atoms with Crippen molar-refractivity contribution >= 4 is 80.5 Å². The third-order valence-electron chi connectivity index (χ3n) is 8.70. The van der Waals surface area contributed by atoms with Gasteiger partial charge in [-0.15, -0.1) is 0 Å². The number of carboxylic acids is 1. The van der Waals surface area contributed by atoms with E-state index in [1.54, 1.807) is 0 Å². The van der Waals surface area contributed by atoms with Crippen LogP contribution >= 0.6 is 21.6 Å². The van der Waals surface area contributed by atoms with Gasteiger partial charge in [-0.1, -0.05) is 27.7 Å². The summed E-state index contributed by atoms with van der Waals surface area (Å²) in [5.41, 5.74) is 10.7. The second-order valence-electron chi connectivity index (χ2n) is 13.3. The van der Waals surface area contributed by atoms with E-state index < -0.39 is 151 Å². The van der Waals surface area contributed by atoms with Gasteiger partial charge in [-0.25, -0.2) is 0 Å². The molecule has 0 unspecified atom stereocenters. The van der Waals surface area contributed by atoms with Gasteiger partial charge >= 0.3 is 11.7 Å². The minimum absolute atomic E-state index is 0.0420. The first-order valence-corrected chi connectivity index (χ1v) is 20.1. The molecule has 8 amide bonds. The quantitative estimate of drug-likeness (QED) is 0.0689. The molecule has 2 aliphatic rings. The molecule has 0 aromatic heterocycles. The number of hydrogen-bond acceptors (Lipinski definition) is 17. The molecule has 8 atom stereocenters. The van der Waals surface area contributed by atoms with Crippen LogP contribution in [0.2, 0.25) is 0 Å². The molecule has 324 valence electrons. The number of rotatable bonds is 7. The molecule has 2 fully saturated rings. The van der Waals surface area contributed by atoms with Crippen molar-refractivity contribution < 1.29 is 68.5 Å². The van der Waals surface area contributed by atoms with Crippen LogP contribution in [0.5, 0.6) is 5.75 Å². The second-order valence-corrected chi connectivity index (χ2v) is 15.9. The molecule has 0 saturated carbocycles. The summed E-state index contributed by atoms with van der Waals surface area (Å²) in [5.74, 6) is -10.9. The Kier molecular flexibility index (Phi) is 17.6. The Hall–Kier alpha value is -5.77. The Bertz CT molecular complexity index is 1820. The fourth-order valence-electron chi connectivity index (χ4n) is 5.64. The number of hydrogen-bond donors (Lipinski definition) is 12. The molecular weight excluding hydrogens is 829 g/mol. The predicted octanol–water partition coefficient (Wildman–Crippen LogP) is -5.96. The van der Waals surface area contributed by atoms with Gasteiger partial charge in [0.2, 0.25) is 47.3 Å². The van der Waals surface area contributed by atoms with E-state index in [0.717, 1.165) is 45.5 Å². The van der Waals surface area contributed by atoms with E-state index >= 15 is 0 Å². The molecule has 0 spiro atoms. The normalized spacial score (nSPS) is 26.8. The average molecular weight is 873 g/mol. The molecule has 1 aromatic carbocycles. The lowest BCUT2D eigenvalue weighted by Crippen LogP contribution is -2.60. The van der Waals surface area contributed by atoms with Gasteiger partial charge in [0.1, 0.15) is 30.2 Å². The number of aliphatic hydroxyl groups is 2. The number of nitro benzene ring substituents is 1. The molecule has 2 saturated heterocycles. The number of phenols is 1. The highest BCUT2D eigenvalue weighted by Gasteiger charge is 2.41. The molecular formula is C32H44N10O15S2. The predicted molar refractivity (Wildman–Crippen MR) is 204 cm³/mol. The Morgan fingerprint density at radius 1 is 0.932 bits per heavy atom. The fraction of sp³-hybridized carbons (Fsp3) is 0.531.